The van der Waals surface area contributed by atoms with Crippen molar-refractivity contribution in [3.63, 3.8) is 0 Å². The van der Waals surface area contributed by atoms with E-state index in [0.717, 1.165) is 12.2 Å². The number of nitrogens with two attached hydrogens (primary N) is 1. The Morgan fingerprint density at radius 2 is 2.38 bits per heavy atom. The molecular formula is C8H18N2O2S. The molecule has 0 heterocycles. The number of hydrogen-bond acceptors (Lipinski definition) is 4. The molecule has 78 valence electrons. The Morgan fingerprint density at radius 1 is 1.62 bits per heavy atom. The van der Waals surface area contributed by atoms with Crippen LogP contribution in [0.3, 0.4) is 0 Å². The summed E-state index contributed by atoms with van der Waals surface area (Å²) in [7, 11) is 1.61. The number of methoxy groups -OCH3 is 1. The van der Waals surface area contributed by atoms with Crippen LogP contribution >= 0.6 is 11.8 Å². The van der Waals surface area contributed by atoms with Crippen molar-refractivity contribution < 1.29 is 9.53 Å². The van der Waals surface area contributed by atoms with Crippen LogP contribution in [0.2, 0.25) is 0 Å². The first-order chi connectivity index (χ1) is 6.31. The second-order valence-corrected chi connectivity index (χ2v) is 3.64. The summed E-state index contributed by atoms with van der Waals surface area (Å²) in [5, 5.41) is 2.74. The molecule has 3 N–H and O–H groups in total. The Kier molecular flexibility index (Phi) is 9.63. The van der Waals surface area contributed by atoms with Crippen LogP contribution in [-0.4, -0.2) is 44.2 Å². The maximum absolute atomic E-state index is 11.1. The lowest BCUT2D eigenvalue weighted by molar-refractivity contribution is -0.118. The van der Waals surface area contributed by atoms with E-state index < -0.39 is 0 Å². The van der Waals surface area contributed by atoms with Crippen molar-refractivity contribution in [2.75, 3.05) is 38.3 Å². The molecule has 0 aromatic rings. The fourth-order valence-corrected chi connectivity index (χ4v) is 1.50. The summed E-state index contributed by atoms with van der Waals surface area (Å²) in [6.45, 7) is 1.85. The Morgan fingerprint density at radius 3 is 3.00 bits per heavy atom. The molecule has 0 atom stereocenters. The third-order valence-electron chi connectivity index (χ3n) is 1.35. The van der Waals surface area contributed by atoms with Crippen LogP contribution in [0.5, 0.6) is 0 Å². The van der Waals surface area contributed by atoms with Gasteiger partial charge in [0.05, 0.1) is 12.4 Å². The Balaban J connectivity index is 3.11. The molecule has 0 fully saturated rings. The highest BCUT2D eigenvalue weighted by molar-refractivity contribution is 7.99. The lowest BCUT2D eigenvalue weighted by Crippen LogP contribution is -2.28. The summed E-state index contributed by atoms with van der Waals surface area (Å²) in [6, 6.07) is 0. The fraction of sp³-hybridized carbons (Fsp3) is 0.875. The van der Waals surface area contributed by atoms with E-state index in [1.807, 2.05) is 0 Å². The molecule has 1 amide bonds. The standard InChI is InChI=1S/C8H18N2O2S/c1-12-5-4-10-8(11)7-13-6-2-3-9/h2-7,9H2,1H3,(H,10,11). The van der Waals surface area contributed by atoms with Crippen molar-refractivity contribution in [3.05, 3.63) is 0 Å². The number of hydrogen-bond donors (Lipinski definition) is 2. The zero-order chi connectivity index (χ0) is 9.94. The molecule has 0 aliphatic carbocycles. The third-order valence-corrected chi connectivity index (χ3v) is 2.40. The number of thioether (sulfide) groups is 1. The van der Waals surface area contributed by atoms with Crippen LogP contribution in [0.4, 0.5) is 0 Å². The van der Waals surface area contributed by atoms with Crippen LogP contribution in [0.15, 0.2) is 0 Å². The summed E-state index contributed by atoms with van der Waals surface area (Å²) in [5.41, 5.74) is 5.31. The number of rotatable bonds is 8. The third kappa shape index (κ3) is 9.66. The molecule has 0 spiro atoms. The minimum Gasteiger partial charge on any atom is -0.383 e. The largest absolute Gasteiger partial charge is 0.383 e. The Bertz CT molecular complexity index is 133. The maximum atomic E-state index is 11.1. The van der Waals surface area contributed by atoms with Gasteiger partial charge in [0.2, 0.25) is 5.91 Å². The molecule has 0 aromatic carbocycles. The molecular weight excluding hydrogens is 188 g/mol. The SMILES string of the molecule is COCCNC(=O)CSCCCN. The summed E-state index contributed by atoms with van der Waals surface area (Å²) in [4.78, 5) is 11.1. The highest BCUT2D eigenvalue weighted by atomic mass is 32.2. The molecule has 13 heavy (non-hydrogen) atoms. The maximum Gasteiger partial charge on any atom is 0.230 e. The van der Waals surface area contributed by atoms with Gasteiger partial charge in [0.1, 0.15) is 0 Å². The Labute approximate surface area is 83.6 Å². The molecule has 0 rings (SSSR count). The number of carbonyl (C=O) groups is 1. The van der Waals surface area contributed by atoms with Crippen LogP contribution < -0.4 is 11.1 Å². The van der Waals surface area contributed by atoms with Crippen molar-refractivity contribution in [3.8, 4) is 0 Å². The first kappa shape index (κ1) is 12.7. The van der Waals surface area contributed by atoms with Crippen molar-refractivity contribution in [2.24, 2.45) is 5.73 Å². The average molecular weight is 206 g/mol. The zero-order valence-electron chi connectivity index (χ0n) is 8.04. The lowest BCUT2D eigenvalue weighted by Gasteiger charge is -2.03. The van der Waals surface area contributed by atoms with Gasteiger partial charge >= 0.3 is 0 Å². The second kappa shape index (κ2) is 9.83. The van der Waals surface area contributed by atoms with Gasteiger partial charge in [-0.1, -0.05) is 0 Å². The summed E-state index contributed by atoms with van der Waals surface area (Å²) in [5.74, 6) is 1.54. The molecule has 0 saturated carbocycles. The van der Waals surface area contributed by atoms with Gasteiger partial charge in [0, 0.05) is 13.7 Å². The zero-order valence-corrected chi connectivity index (χ0v) is 8.86. The van der Waals surface area contributed by atoms with Crippen molar-refractivity contribution in [1.82, 2.24) is 5.32 Å². The van der Waals surface area contributed by atoms with Crippen LogP contribution in [0.1, 0.15) is 6.42 Å². The molecule has 4 nitrogen and oxygen atoms in total. The van der Waals surface area contributed by atoms with Gasteiger partial charge in [-0.15, -0.1) is 0 Å². The highest BCUT2D eigenvalue weighted by Gasteiger charge is 1.99. The van der Waals surface area contributed by atoms with E-state index in [1.165, 1.54) is 0 Å². The smallest absolute Gasteiger partial charge is 0.230 e. The number of amides is 1. The van der Waals surface area contributed by atoms with E-state index in [0.29, 0.717) is 25.4 Å². The molecule has 0 bridgehead atoms. The van der Waals surface area contributed by atoms with Crippen molar-refractivity contribution in [1.29, 1.82) is 0 Å². The van der Waals surface area contributed by atoms with Crippen LogP contribution in [0.25, 0.3) is 0 Å². The predicted octanol–water partition coefficient (Wildman–Crippen LogP) is -0.169. The van der Waals surface area contributed by atoms with Crippen molar-refractivity contribution in [2.45, 2.75) is 6.42 Å². The monoisotopic (exact) mass is 206 g/mol. The van der Waals surface area contributed by atoms with E-state index in [-0.39, 0.29) is 5.91 Å². The highest BCUT2D eigenvalue weighted by Crippen LogP contribution is 2.00. The molecule has 0 aliphatic heterocycles. The number of carbonyl (C=O) groups excluding carboxylic acids is 1. The first-order valence-corrected chi connectivity index (χ1v) is 5.50. The fourth-order valence-electron chi connectivity index (χ4n) is 0.694. The minimum atomic E-state index is 0.0686. The lowest BCUT2D eigenvalue weighted by atomic mass is 10.5. The Hall–Kier alpha value is -0.260. The van der Waals surface area contributed by atoms with E-state index >= 15 is 0 Å². The molecule has 0 unspecified atom stereocenters. The normalized spacial score (nSPS) is 10.0. The van der Waals surface area contributed by atoms with E-state index in [1.54, 1.807) is 18.9 Å². The molecule has 5 heteroatoms. The van der Waals surface area contributed by atoms with Gasteiger partial charge in [-0.05, 0) is 18.7 Å². The van der Waals surface area contributed by atoms with E-state index in [9.17, 15) is 4.79 Å². The predicted molar refractivity (Wildman–Crippen MR) is 55.9 cm³/mol. The molecule has 0 aromatic heterocycles. The number of nitrogens with one attached hydrogen (secondary N) is 1. The van der Waals surface area contributed by atoms with Gasteiger partial charge in [-0.3, -0.25) is 4.79 Å². The number of ether oxygens (including phenoxy) is 1. The van der Waals surface area contributed by atoms with Gasteiger partial charge in [0.25, 0.3) is 0 Å². The summed E-state index contributed by atoms with van der Waals surface area (Å²) >= 11 is 1.61. The average Bonchev–Trinajstić information content (AvgIpc) is 2.13. The van der Waals surface area contributed by atoms with E-state index in [4.69, 9.17) is 10.5 Å². The van der Waals surface area contributed by atoms with Gasteiger partial charge in [-0.25, -0.2) is 0 Å². The van der Waals surface area contributed by atoms with Gasteiger partial charge < -0.3 is 15.8 Å². The van der Waals surface area contributed by atoms with Gasteiger partial charge in [0.15, 0.2) is 0 Å². The molecule has 0 saturated heterocycles. The second-order valence-electron chi connectivity index (χ2n) is 2.54. The minimum absolute atomic E-state index is 0.0686. The summed E-state index contributed by atoms with van der Waals surface area (Å²) in [6.07, 6.45) is 0.968. The topological polar surface area (TPSA) is 64.3 Å². The van der Waals surface area contributed by atoms with Crippen LogP contribution in [-0.2, 0) is 9.53 Å². The summed E-state index contributed by atoms with van der Waals surface area (Å²) < 4.78 is 4.80. The van der Waals surface area contributed by atoms with Gasteiger partial charge in [-0.2, -0.15) is 11.8 Å². The first-order valence-electron chi connectivity index (χ1n) is 4.34. The molecule has 0 aliphatic rings. The van der Waals surface area contributed by atoms with E-state index in [2.05, 4.69) is 5.32 Å². The quantitative estimate of drug-likeness (QED) is 0.541. The molecule has 0 radical (unpaired) electrons. The van der Waals surface area contributed by atoms with Crippen LogP contribution in [0, 0.1) is 0 Å². The van der Waals surface area contributed by atoms with Crippen molar-refractivity contribution >= 4 is 17.7 Å².